The highest BCUT2D eigenvalue weighted by molar-refractivity contribution is 8.00. The van der Waals surface area contributed by atoms with E-state index in [1.165, 1.54) is 16.3 Å². The van der Waals surface area contributed by atoms with E-state index in [1.54, 1.807) is 0 Å². The molecule has 10 heteroatoms. The number of fused-ring (bicyclic) bond motifs is 1. The van der Waals surface area contributed by atoms with Crippen molar-refractivity contribution >= 4 is 39.4 Å². The van der Waals surface area contributed by atoms with Crippen molar-refractivity contribution in [3.63, 3.8) is 0 Å². The summed E-state index contributed by atoms with van der Waals surface area (Å²) >= 11 is 2.27. The first-order chi connectivity index (χ1) is 10.9. The van der Waals surface area contributed by atoms with Crippen LogP contribution in [0.5, 0.6) is 0 Å². The van der Waals surface area contributed by atoms with Gasteiger partial charge in [-0.15, -0.1) is 11.8 Å². The summed E-state index contributed by atoms with van der Waals surface area (Å²) in [5.41, 5.74) is 4.96. The molecule has 4 N–H and O–H groups in total. The zero-order chi connectivity index (χ0) is 16.7. The average Bonchev–Trinajstić information content (AvgIpc) is 3.02. The molecule has 1 aliphatic heterocycles. The summed E-state index contributed by atoms with van der Waals surface area (Å²) in [5, 5.41) is 10.2. The van der Waals surface area contributed by atoms with E-state index >= 15 is 0 Å². The molecule has 8 nitrogen and oxygen atoms in total. The molecule has 1 aliphatic rings. The number of aliphatic hydroxyl groups excluding tert-OH is 1. The number of nitrogens with two attached hydrogens (primary N) is 1. The largest absolute Gasteiger partial charge is 0.389 e. The number of hydrogen-bond donors (Lipinski definition) is 3. The molecule has 0 aliphatic carbocycles. The first kappa shape index (κ1) is 16.5. The molecule has 2 aromatic heterocycles. The van der Waals surface area contributed by atoms with Crippen LogP contribution in [-0.2, 0) is 4.74 Å². The molecule has 0 saturated carbocycles. The first-order valence-electron chi connectivity index (χ1n) is 7.22. The number of rotatable bonds is 4. The van der Waals surface area contributed by atoms with Crippen LogP contribution in [-0.4, -0.2) is 36.9 Å². The molecule has 0 bridgehead atoms. The van der Waals surface area contributed by atoms with Crippen LogP contribution in [0.2, 0.25) is 0 Å². The fraction of sp³-hybridized carbons (Fsp3) is 0.615. The maximum atomic E-state index is 12.2. The maximum Gasteiger partial charge on any atom is 0.311 e. The number of nitrogens with one attached hydrogen (secondary N) is 1. The number of hydrogen-bond acceptors (Lipinski definition) is 8. The average molecular weight is 358 g/mol. The van der Waals surface area contributed by atoms with Gasteiger partial charge in [0.1, 0.15) is 16.4 Å². The topological polar surface area (TPSA) is 123 Å². The Morgan fingerprint density at radius 3 is 2.96 bits per heavy atom. The highest BCUT2D eigenvalue weighted by atomic mass is 32.2. The molecule has 0 amide bonds. The molecule has 1 saturated heterocycles. The molecule has 0 spiro atoms. The lowest BCUT2D eigenvalue weighted by atomic mass is 10.1. The van der Waals surface area contributed by atoms with E-state index in [4.69, 9.17) is 10.5 Å². The number of nitrogens with zero attached hydrogens (tertiary/aromatic N) is 2. The molecular weight excluding hydrogens is 340 g/mol. The minimum atomic E-state index is -0.605. The maximum absolute atomic E-state index is 12.2. The van der Waals surface area contributed by atoms with Crippen molar-refractivity contribution in [3.8, 4) is 0 Å². The van der Waals surface area contributed by atoms with Gasteiger partial charge in [0.2, 0.25) is 5.95 Å². The number of ether oxygens (including phenoxy) is 1. The molecule has 3 heterocycles. The summed E-state index contributed by atoms with van der Waals surface area (Å²) in [6.45, 7) is 4.05. The first-order valence-corrected chi connectivity index (χ1v) is 9.09. The van der Waals surface area contributed by atoms with E-state index in [9.17, 15) is 14.7 Å². The Hall–Kier alpha value is -1.36. The van der Waals surface area contributed by atoms with Gasteiger partial charge in [-0.2, -0.15) is 4.98 Å². The van der Waals surface area contributed by atoms with Crippen LogP contribution in [0.25, 0.3) is 10.3 Å². The van der Waals surface area contributed by atoms with E-state index in [-0.39, 0.29) is 21.2 Å². The fourth-order valence-corrected chi connectivity index (χ4v) is 4.52. The number of thiazole rings is 1. The molecular formula is C13H18N4O4S2. The predicted molar refractivity (Wildman–Crippen MR) is 90.7 cm³/mol. The van der Waals surface area contributed by atoms with Gasteiger partial charge in [0.05, 0.1) is 6.10 Å². The van der Waals surface area contributed by atoms with Crippen LogP contribution < -0.4 is 16.2 Å². The Morgan fingerprint density at radius 1 is 1.52 bits per heavy atom. The van der Waals surface area contributed by atoms with Crippen LogP contribution in [0.3, 0.4) is 0 Å². The van der Waals surface area contributed by atoms with Gasteiger partial charge in [0.25, 0.3) is 5.56 Å². The van der Waals surface area contributed by atoms with Crippen molar-refractivity contribution in [2.75, 3.05) is 11.5 Å². The van der Waals surface area contributed by atoms with Crippen molar-refractivity contribution < 1.29 is 9.84 Å². The van der Waals surface area contributed by atoms with E-state index < -0.39 is 23.3 Å². The molecule has 0 aromatic carbocycles. The molecule has 0 radical (unpaired) electrons. The SMILES string of the molecule is CC(C)CC(O)[C@H]1O[C@@H](n2c(=O)sc3c(=O)[nH]c(N)nc32)CS1. The molecule has 23 heavy (non-hydrogen) atoms. The normalized spacial score (nSPS) is 23.0. The standard InChI is InChI=1S/C13H18N4O4S2/c1-5(2)3-6(18)11-21-7(4-22-11)17-9-8(23-13(17)20)10(19)16-12(14)15-9/h5-7,11,18H,3-4H2,1-2H3,(H3,14,15,16,19)/t6?,7-,11+/m1/s1. The summed E-state index contributed by atoms with van der Waals surface area (Å²) in [4.78, 5) is 30.2. The van der Waals surface area contributed by atoms with Gasteiger partial charge in [-0.05, 0) is 12.3 Å². The molecule has 2 aromatic rings. The van der Waals surface area contributed by atoms with Crippen LogP contribution in [0.1, 0.15) is 26.5 Å². The van der Waals surface area contributed by atoms with Gasteiger partial charge in [-0.1, -0.05) is 25.2 Å². The van der Waals surface area contributed by atoms with Crippen LogP contribution in [0, 0.1) is 5.92 Å². The summed E-state index contributed by atoms with van der Waals surface area (Å²) in [6.07, 6.45) is -0.553. The highest BCUT2D eigenvalue weighted by Crippen LogP contribution is 2.35. The molecule has 126 valence electrons. The minimum absolute atomic E-state index is 0.0453. The Morgan fingerprint density at radius 2 is 2.26 bits per heavy atom. The number of aromatic amines is 1. The van der Waals surface area contributed by atoms with Crippen LogP contribution in [0.15, 0.2) is 9.59 Å². The van der Waals surface area contributed by atoms with Gasteiger partial charge in [-0.25, -0.2) is 0 Å². The van der Waals surface area contributed by atoms with Gasteiger partial charge in [0.15, 0.2) is 5.65 Å². The lowest BCUT2D eigenvalue weighted by Crippen LogP contribution is -2.28. The minimum Gasteiger partial charge on any atom is -0.389 e. The summed E-state index contributed by atoms with van der Waals surface area (Å²) in [5.74, 6) is 0.800. The second kappa shape index (κ2) is 6.27. The summed E-state index contributed by atoms with van der Waals surface area (Å²) in [7, 11) is 0. The third kappa shape index (κ3) is 3.16. The third-order valence-electron chi connectivity index (χ3n) is 3.50. The van der Waals surface area contributed by atoms with Gasteiger partial charge in [0, 0.05) is 5.75 Å². The zero-order valence-corrected chi connectivity index (χ0v) is 14.3. The fourth-order valence-electron chi connectivity index (χ4n) is 2.54. The zero-order valence-electron chi connectivity index (χ0n) is 12.7. The van der Waals surface area contributed by atoms with Crippen LogP contribution in [0.4, 0.5) is 5.95 Å². The second-order valence-corrected chi connectivity index (χ2v) is 7.92. The number of aromatic nitrogens is 3. The lowest BCUT2D eigenvalue weighted by molar-refractivity contribution is -0.0428. The number of aliphatic hydroxyl groups is 1. The molecule has 1 unspecified atom stereocenters. The number of thioether (sulfide) groups is 1. The Kier molecular flexibility index (Phi) is 4.50. The third-order valence-corrected chi connectivity index (χ3v) is 5.68. The summed E-state index contributed by atoms with van der Waals surface area (Å²) < 4.78 is 7.40. The van der Waals surface area contributed by atoms with Gasteiger partial charge in [-0.3, -0.25) is 19.1 Å². The highest BCUT2D eigenvalue weighted by Gasteiger charge is 2.34. The van der Waals surface area contributed by atoms with Crippen molar-refractivity contribution in [1.82, 2.24) is 14.5 Å². The monoisotopic (exact) mass is 358 g/mol. The van der Waals surface area contributed by atoms with Crippen molar-refractivity contribution in [1.29, 1.82) is 0 Å². The number of nitrogen functional groups attached to an aromatic ring is 1. The van der Waals surface area contributed by atoms with Gasteiger partial charge < -0.3 is 15.6 Å². The van der Waals surface area contributed by atoms with E-state index in [0.29, 0.717) is 18.1 Å². The van der Waals surface area contributed by atoms with Crippen molar-refractivity contribution in [2.24, 2.45) is 5.92 Å². The lowest BCUT2D eigenvalue weighted by Gasteiger charge is -2.20. The quantitative estimate of drug-likeness (QED) is 0.736. The molecule has 3 atom stereocenters. The number of anilines is 1. The van der Waals surface area contributed by atoms with E-state index in [0.717, 1.165) is 11.3 Å². The van der Waals surface area contributed by atoms with Crippen LogP contribution >= 0.6 is 23.1 Å². The Balaban J connectivity index is 1.92. The summed E-state index contributed by atoms with van der Waals surface area (Å²) in [6, 6.07) is 0. The smallest absolute Gasteiger partial charge is 0.311 e. The predicted octanol–water partition coefficient (Wildman–Crippen LogP) is 0.724. The second-order valence-electron chi connectivity index (χ2n) is 5.83. The molecule has 1 fully saturated rings. The van der Waals surface area contributed by atoms with E-state index in [1.807, 2.05) is 13.8 Å². The number of H-pyrrole nitrogens is 1. The Bertz CT molecular complexity index is 827. The van der Waals surface area contributed by atoms with Gasteiger partial charge >= 0.3 is 4.87 Å². The van der Waals surface area contributed by atoms with Crippen molar-refractivity contribution in [2.45, 2.75) is 38.0 Å². The Labute approximate surface area is 139 Å². The van der Waals surface area contributed by atoms with Crippen molar-refractivity contribution in [3.05, 3.63) is 20.0 Å². The molecule has 3 rings (SSSR count). The van der Waals surface area contributed by atoms with E-state index in [2.05, 4.69) is 9.97 Å².